The van der Waals surface area contributed by atoms with E-state index in [-0.39, 0.29) is 0 Å². The minimum absolute atomic E-state index is 0.635. The van der Waals surface area contributed by atoms with Gasteiger partial charge in [-0.15, -0.1) is 0 Å². The topological polar surface area (TPSA) is 46.9 Å². The van der Waals surface area contributed by atoms with E-state index in [0.717, 1.165) is 37.6 Å². The predicted octanol–water partition coefficient (Wildman–Crippen LogP) is 1.95. The van der Waals surface area contributed by atoms with E-state index < -0.39 is 10.8 Å². The van der Waals surface area contributed by atoms with E-state index in [2.05, 4.69) is 9.88 Å². The third-order valence-electron chi connectivity index (χ3n) is 4.60. The standard InChI is InChI=1S/C15H25N3OS/c1-2-20(19)10-9-18-14-7-8-16-11-13(14)17-15(18)12-5-3-4-6-12/h12,16H,2-11H2,1H3. The summed E-state index contributed by atoms with van der Waals surface area (Å²) in [5.41, 5.74) is 2.64. The number of fused-ring (bicyclic) bond motifs is 1. The summed E-state index contributed by atoms with van der Waals surface area (Å²) in [6.07, 6.45) is 6.29. The van der Waals surface area contributed by atoms with Gasteiger partial charge in [-0.25, -0.2) is 4.98 Å². The van der Waals surface area contributed by atoms with Crippen LogP contribution in [0.2, 0.25) is 0 Å². The Morgan fingerprint density at radius 1 is 1.40 bits per heavy atom. The van der Waals surface area contributed by atoms with Crippen LogP contribution in [0, 0.1) is 0 Å². The van der Waals surface area contributed by atoms with Crippen molar-refractivity contribution in [3.05, 3.63) is 17.2 Å². The molecule has 0 spiro atoms. The van der Waals surface area contributed by atoms with Gasteiger partial charge in [-0.05, 0) is 12.8 Å². The molecule has 1 aromatic heterocycles. The van der Waals surface area contributed by atoms with Gasteiger partial charge in [0, 0.05) is 60.0 Å². The van der Waals surface area contributed by atoms with Crippen molar-refractivity contribution < 1.29 is 4.21 Å². The van der Waals surface area contributed by atoms with Gasteiger partial charge in [0.2, 0.25) is 0 Å². The molecule has 1 aromatic rings. The first-order chi connectivity index (χ1) is 9.79. The van der Waals surface area contributed by atoms with Gasteiger partial charge in [0.15, 0.2) is 0 Å². The fourth-order valence-electron chi connectivity index (χ4n) is 3.47. The molecule has 1 saturated carbocycles. The summed E-state index contributed by atoms with van der Waals surface area (Å²) in [7, 11) is -0.686. The fourth-order valence-corrected chi connectivity index (χ4v) is 4.15. The quantitative estimate of drug-likeness (QED) is 0.903. The van der Waals surface area contributed by atoms with Crippen molar-refractivity contribution in [2.45, 2.75) is 58.0 Å². The molecule has 112 valence electrons. The number of aromatic nitrogens is 2. The Balaban J connectivity index is 1.87. The Hall–Kier alpha value is -0.680. The van der Waals surface area contributed by atoms with Crippen molar-refractivity contribution in [2.75, 3.05) is 18.1 Å². The maximum Gasteiger partial charge on any atom is 0.112 e. The van der Waals surface area contributed by atoms with Gasteiger partial charge < -0.3 is 9.88 Å². The zero-order valence-electron chi connectivity index (χ0n) is 12.4. The highest BCUT2D eigenvalue weighted by atomic mass is 32.2. The molecule has 2 aliphatic rings. The molecule has 0 aromatic carbocycles. The molecular weight excluding hydrogens is 270 g/mol. The molecule has 4 nitrogen and oxygen atoms in total. The lowest BCUT2D eigenvalue weighted by atomic mass is 10.1. The Morgan fingerprint density at radius 2 is 2.20 bits per heavy atom. The number of imidazole rings is 1. The van der Waals surface area contributed by atoms with Crippen LogP contribution < -0.4 is 5.32 Å². The molecule has 0 saturated heterocycles. The summed E-state index contributed by atoms with van der Waals surface area (Å²) in [5.74, 6) is 3.45. The lowest BCUT2D eigenvalue weighted by molar-refractivity contribution is 0.568. The highest BCUT2D eigenvalue weighted by molar-refractivity contribution is 7.84. The zero-order valence-corrected chi connectivity index (χ0v) is 13.2. The number of rotatable bonds is 5. The lowest BCUT2D eigenvalue weighted by Gasteiger charge is -2.17. The first kappa shape index (κ1) is 14.3. The van der Waals surface area contributed by atoms with E-state index in [1.165, 1.54) is 42.9 Å². The van der Waals surface area contributed by atoms with Crippen molar-refractivity contribution in [3.63, 3.8) is 0 Å². The predicted molar refractivity (Wildman–Crippen MR) is 82.4 cm³/mol. The monoisotopic (exact) mass is 295 g/mol. The summed E-state index contributed by atoms with van der Waals surface area (Å²) < 4.78 is 14.2. The number of nitrogens with zero attached hydrogens (tertiary/aromatic N) is 2. The number of hydrogen-bond donors (Lipinski definition) is 1. The van der Waals surface area contributed by atoms with E-state index in [1.54, 1.807) is 0 Å². The van der Waals surface area contributed by atoms with Gasteiger partial charge >= 0.3 is 0 Å². The first-order valence-corrected chi connectivity index (χ1v) is 9.42. The third kappa shape index (κ3) is 2.84. The van der Waals surface area contributed by atoms with Crippen molar-refractivity contribution >= 4 is 10.8 Å². The minimum atomic E-state index is -0.686. The normalized spacial score (nSPS) is 21.1. The molecule has 0 amide bonds. The number of hydrogen-bond acceptors (Lipinski definition) is 3. The fraction of sp³-hybridized carbons (Fsp3) is 0.800. The molecular formula is C15H25N3OS. The smallest absolute Gasteiger partial charge is 0.112 e. The van der Waals surface area contributed by atoms with E-state index in [0.29, 0.717) is 5.92 Å². The Morgan fingerprint density at radius 3 is 2.95 bits per heavy atom. The second-order valence-electron chi connectivity index (χ2n) is 5.86. The van der Waals surface area contributed by atoms with Crippen LogP contribution in [-0.4, -0.2) is 31.8 Å². The van der Waals surface area contributed by atoms with Crippen molar-refractivity contribution in [3.8, 4) is 0 Å². The van der Waals surface area contributed by atoms with Gasteiger partial charge in [-0.2, -0.15) is 0 Å². The van der Waals surface area contributed by atoms with Crippen LogP contribution >= 0.6 is 0 Å². The van der Waals surface area contributed by atoms with Gasteiger partial charge in [-0.3, -0.25) is 4.21 Å². The SMILES string of the molecule is CCS(=O)CCn1c(C2CCCC2)nc2c1CCNC2. The molecule has 1 aliphatic heterocycles. The van der Waals surface area contributed by atoms with Crippen molar-refractivity contribution in [1.29, 1.82) is 0 Å². The first-order valence-electron chi connectivity index (χ1n) is 7.93. The molecule has 20 heavy (non-hydrogen) atoms. The van der Waals surface area contributed by atoms with E-state index >= 15 is 0 Å². The molecule has 0 radical (unpaired) electrons. The summed E-state index contributed by atoms with van der Waals surface area (Å²) in [4.78, 5) is 4.94. The Labute approximate surface area is 123 Å². The second-order valence-corrected chi connectivity index (χ2v) is 7.72. The van der Waals surface area contributed by atoms with Crippen LogP contribution in [0.4, 0.5) is 0 Å². The maximum atomic E-state index is 11.8. The van der Waals surface area contributed by atoms with Gasteiger partial charge in [0.1, 0.15) is 5.82 Å². The Bertz CT molecular complexity index is 492. The highest BCUT2D eigenvalue weighted by Gasteiger charge is 2.27. The van der Waals surface area contributed by atoms with Crippen LogP contribution in [0.25, 0.3) is 0 Å². The molecule has 1 aliphatic carbocycles. The molecule has 2 heterocycles. The van der Waals surface area contributed by atoms with Crippen LogP contribution in [0.15, 0.2) is 0 Å². The van der Waals surface area contributed by atoms with Gasteiger partial charge in [0.05, 0.1) is 5.69 Å². The summed E-state index contributed by atoms with van der Waals surface area (Å²) >= 11 is 0. The minimum Gasteiger partial charge on any atom is -0.331 e. The second kappa shape index (κ2) is 6.39. The lowest BCUT2D eigenvalue weighted by Crippen LogP contribution is -2.25. The highest BCUT2D eigenvalue weighted by Crippen LogP contribution is 2.35. The molecule has 1 atom stereocenters. The Kier molecular flexibility index (Phi) is 4.56. The molecule has 1 fully saturated rings. The molecule has 1 N–H and O–H groups in total. The van der Waals surface area contributed by atoms with Gasteiger partial charge in [0.25, 0.3) is 0 Å². The van der Waals surface area contributed by atoms with Gasteiger partial charge in [-0.1, -0.05) is 19.8 Å². The average Bonchev–Trinajstić information content (AvgIpc) is 3.11. The molecule has 3 rings (SSSR count). The molecule has 1 unspecified atom stereocenters. The summed E-state index contributed by atoms with van der Waals surface area (Å²) in [6.45, 7) is 4.83. The third-order valence-corrected chi connectivity index (χ3v) is 5.88. The maximum absolute atomic E-state index is 11.8. The molecule has 5 heteroatoms. The van der Waals surface area contributed by atoms with Crippen LogP contribution in [0.1, 0.15) is 55.7 Å². The molecule has 0 bridgehead atoms. The van der Waals surface area contributed by atoms with Crippen LogP contribution in [-0.2, 0) is 30.3 Å². The summed E-state index contributed by atoms with van der Waals surface area (Å²) in [5, 5.41) is 3.41. The average molecular weight is 295 g/mol. The van der Waals surface area contributed by atoms with Crippen LogP contribution in [0.3, 0.4) is 0 Å². The van der Waals surface area contributed by atoms with E-state index in [4.69, 9.17) is 4.98 Å². The van der Waals surface area contributed by atoms with Crippen molar-refractivity contribution in [1.82, 2.24) is 14.9 Å². The van der Waals surface area contributed by atoms with Crippen LogP contribution in [0.5, 0.6) is 0 Å². The summed E-state index contributed by atoms with van der Waals surface area (Å²) in [6, 6.07) is 0. The zero-order chi connectivity index (χ0) is 13.9. The largest absolute Gasteiger partial charge is 0.331 e. The van der Waals surface area contributed by atoms with Crippen molar-refractivity contribution in [2.24, 2.45) is 0 Å². The number of nitrogens with one attached hydrogen (secondary N) is 1. The van der Waals surface area contributed by atoms with E-state index in [1.807, 2.05) is 6.92 Å². The van der Waals surface area contributed by atoms with E-state index in [9.17, 15) is 4.21 Å².